The molecule has 7 heteroatoms. The smallest absolute Gasteiger partial charge is 0.290 e. The van der Waals surface area contributed by atoms with Gasteiger partial charge in [-0.2, -0.15) is 0 Å². The Labute approximate surface area is 165 Å². The van der Waals surface area contributed by atoms with Crippen molar-refractivity contribution in [1.29, 1.82) is 0 Å². The zero-order chi connectivity index (χ0) is 20.5. The highest BCUT2D eigenvalue weighted by atomic mass is 19.1. The summed E-state index contributed by atoms with van der Waals surface area (Å²) in [7, 11) is 1.49. The van der Waals surface area contributed by atoms with E-state index in [0.29, 0.717) is 11.1 Å². The summed E-state index contributed by atoms with van der Waals surface area (Å²) in [6.45, 7) is 0.362. The van der Waals surface area contributed by atoms with Crippen LogP contribution in [0.2, 0.25) is 0 Å². The molecule has 148 valence electrons. The molecule has 29 heavy (non-hydrogen) atoms. The molecular weight excluding hydrogens is 377 g/mol. The van der Waals surface area contributed by atoms with E-state index in [4.69, 9.17) is 9.15 Å². The Morgan fingerprint density at radius 2 is 1.93 bits per heavy atom. The summed E-state index contributed by atoms with van der Waals surface area (Å²) >= 11 is 0. The van der Waals surface area contributed by atoms with Crippen molar-refractivity contribution < 1.29 is 28.2 Å². The van der Waals surface area contributed by atoms with Crippen molar-refractivity contribution >= 4 is 22.7 Å². The van der Waals surface area contributed by atoms with Gasteiger partial charge in [0.05, 0.1) is 18.2 Å². The van der Waals surface area contributed by atoms with Gasteiger partial charge >= 0.3 is 0 Å². The summed E-state index contributed by atoms with van der Waals surface area (Å²) in [4.78, 5) is 27.3. The molecule has 1 N–H and O–H groups in total. The van der Waals surface area contributed by atoms with Crippen LogP contribution in [0.4, 0.5) is 4.39 Å². The van der Waals surface area contributed by atoms with Crippen LogP contribution in [0.1, 0.15) is 22.2 Å². The number of fused-ring (bicyclic) bond motifs is 1. The number of ether oxygens (including phenoxy) is 1. The molecule has 1 amide bonds. The number of rotatable bonds is 6. The topological polar surface area (TPSA) is 80.0 Å². The lowest BCUT2D eigenvalue weighted by atomic mass is 9.95. The van der Waals surface area contributed by atoms with Crippen LogP contribution in [-0.2, 0) is 9.53 Å². The van der Waals surface area contributed by atoms with Gasteiger partial charge in [-0.3, -0.25) is 9.59 Å². The first kappa shape index (κ1) is 18.9. The van der Waals surface area contributed by atoms with Gasteiger partial charge < -0.3 is 19.2 Å². The number of hydrogen-bond donors (Lipinski definition) is 1. The molecule has 2 heterocycles. The van der Waals surface area contributed by atoms with E-state index in [1.807, 2.05) is 6.07 Å². The Bertz CT molecular complexity index is 1080. The number of furan rings is 1. The fourth-order valence-electron chi connectivity index (χ4n) is 3.52. The molecule has 2 aromatic carbocycles. The van der Waals surface area contributed by atoms with Crippen molar-refractivity contribution in [2.24, 2.45) is 0 Å². The molecule has 4 rings (SSSR count). The number of ketones is 1. The van der Waals surface area contributed by atoms with Crippen LogP contribution >= 0.6 is 0 Å². The molecule has 1 unspecified atom stereocenters. The predicted molar refractivity (Wildman–Crippen MR) is 103 cm³/mol. The number of hydrogen-bond acceptors (Lipinski definition) is 5. The zero-order valence-electron chi connectivity index (χ0n) is 15.6. The first-order valence-corrected chi connectivity index (χ1v) is 9.03. The molecule has 3 aromatic rings. The number of para-hydroxylation sites is 1. The van der Waals surface area contributed by atoms with Crippen LogP contribution in [0.25, 0.3) is 11.0 Å². The maximum absolute atomic E-state index is 13.4. The van der Waals surface area contributed by atoms with Crippen LogP contribution in [0.5, 0.6) is 0 Å². The highest BCUT2D eigenvalue weighted by Crippen LogP contribution is 2.39. The molecule has 1 aliphatic rings. The lowest BCUT2D eigenvalue weighted by molar-refractivity contribution is -0.130. The molecule has 0 bridgehead atoms. The van der Waals surface area contributed by atoms with E-state index in [0.717, 1.165) is 5.39 Å². The molecular formula is C22H18FNO5. The number of methoxy groups -OCH3 is 1. The second kappa shape index (κ2) is 7.52. The standard InChI is InChI=1S/C22H18FNO5/c1-28-11-10-24-19(13-6-8-15(23)9-7-13)18(21(26)22(24)27)20(25)17-12-14-4-2-3-5-16(14)29-17/h2-9,12,19,26H,10-11H2,1H3. The average Bonchev–Trinajstić information content (AvgIpc) is 3.26. The van der Waals surface area contributed by atoms with Gasteiger partial charge in [0.1, 0.15) is 11.4 Å². The van der Waals surface area contributed by atoms with Crippen LogP contribution in [-0.4, -0.2) is 42.0 Å². The van der Waals surface area contributed by atoms with Gasteiger partial charge in [0.25, 0.3) is 5.91 Å². The number of benzene rings is 2. The number of Topliss-reactive ketones (excluding diaryl/α,β-unsaturated/α-hetero) is 1. The minimum absolute atomic E-state index is 0.0150. The zero-order valence-corrected chi connectivity index (χ0v) is 15.6. The van der Waals surface area contributed by atoms with Crippen molar-refractivity contribution in [2.45, 2.75) is 6.04 Å². The van der Waals surface area contributed by atoms with Crippen LogP contribution < -0.4 is 0 Å². The normalized spacial score (nSPS) is 16.8. The van der Waals surface area contributed by atoms with Gasteiger partial charge in [-0.15, -0.1) is 0 Å². The van der Waals surface area contributed by atoms with Gasteiger partial charge in [0.2, 0.25) is 5.78 Å². The van der Waals surface area contributed by atoms with Gasteiger partial charge in [-0.1, -0.05) is 30.3 Å². The van der Waals surface area contributed by atoms with Crippen molar-refractivity contribution in [2.75, 3.05) is 20.3 Å². The molecule has 0 aliphatic carbocycles. The third-order valence-electron chi connectivity index (χ3n) is 4.92. The van der Waals surface area contributed by atoms with Crippen LogP contribution in [0, 0.1) is 5.82 Å². The van der Waals surface area contributed by atoms with Crippen LogP contribution in [0.15, 0.2) is 70.3 Å². The number of aliphatic hydroxyl groups excluding tert-OH is 1. The molecule has 0 spiro atoms. The van der Waals surface area contributed by atoms with E-state index in [1.165, 1.54) is 36.3 Å². The van der Waals surface area contributed by atoms with E-state index in [9.17, 15) is 19.1 Å². The summed E-state index contributed by atoms with van der Waals surface area (Å²) in [6.07, 6.45) is 0. The fourth-order valence-corrected chi connectivity index (χ4v) is 3.52. The van der Waals surface area contributed by atoms with E-state index >= 15 is 0 Å². The lowest BCUT2D eigenvalue weighted by Crippen LogP contribution is -2.34. The summed E-state index contributed by atoms with van der Waals surface area (Å²) in [6, 6.07) is 13.3. The number of aliphatic hydroxyl groups is 1. The van der Waals surface area contributed by atoms with Gasteiger partial charge in [0.15, 0.2) is 11.5 Å². The van der Waals surface area contributed by atoms with Crippen molar-refractivity contribution in [1.82, 2.24) is 4.90 Å². The molecule has 1 aromatic heterocycles. The first-order chi connectivity index (χ1) is 14.0. The maximum Gasteiger partial charge on any atom is 0.290 e. The van der Waals surface area contributed by atoms with E-state index in [2.05, 4.69) is 0 Å². The SMILES string of the molecule is COCCN1C(=O)C(O)=C(C(=O)c2cc3ccccc3o2)C1c1ccc(F)cc1. The highest BCUT2D eigenvalue weighted by Gasteiger charge is 2.44. The largest absolute Gasteiger partial charge is 0.503 e. The summed E-state index contributed by atoms with van der Waals surface area (Å²) in [5, 5.41) is 11.3. The Kier molecular flexibility index (Phi) is 4.90. The Balaban J connectivity index is 1.79. The first-order valence-electron chi connectivity index (χ1n) is 9.03. The van der Waals surface area contributed by atoms with E-state index in [1.54, 1.807) is 24.3 Å². The molecule has 1 aliphatic heterocycles. The number of nitrogens with zero attached hydrogens (tertiary/aromatic N) is 1. The van der Waals surface area contributed by atoms with E-state index < -0.39 is 29.3 Å². The van der Waals surface area contributed by atoms with Gasteiger partial charge in [-0.25, -0.2) is 4.39 Å². The lowest BCUT2D eigenvalue weighted by Gasteiger charge is -2.26. The van der Waals surface area contributed by atoms with Gasteiger partial charge in [-0.05, 0) is 29.8 Å². The van der Waals surface area contributed by atoms with Crippen molar-refractivity contribution in [3.05, 3.63) is 83.1 Å². The number of carbonyl (C=O) groups excluding carboxylic acids is 2. The van der Waals surface area contributed by atoms with Crippen molar-refractivity contribution in [3.8, 4) is 0 Å². The molecule has 0 saturated carbocycles. The number of carbonyl (C=O) groups is 2. The van der Waals surface area contributed by atoms with Crippen molar-refractivity contribution in [3.63, 3.8) is 0 Å². The maximum atomic E-state index is 13.4. The van der Waals surface area contributed by atoms with E-state index in [-0.39, 0.29) is 24.5 Å². The minimum atomic E-state index is -0.876. The Morgan fingerprint density at radius 3 is 2.62 bits per heavy atom. The van der Waals surface area contributed by atoms with Gasteiger partial charge in [0, 0.05) is 19.0 Å². The molecule has 0 fully saturated rings. The third kappa shape index (κ3) is 3.30. The number of amides is 1. The molecule has 6 nitrogen and oxygen atoms in total. The fraction of sp³-hybridized carbons (Fsp3) is 0.182. The summed E-state index contributed by atoms with van der Waals surface area (Å²) < 4.78 is 24.1. The third-order valence-corrected chi connectivity index (χ3v) is 4.92. The second-order valence-electron chi connectivity index (χ2n) is 6.69. The minimum Gasteiger partial charge on any atom is -0.503 e. The monoisotopic (exact) mass is 395 g/mol. The Morgan fingerprint density at radius 1 is 1.21 bits per heavy atom. The molecule has 0 radical (unpaired) electrons. The average molecular weight is 395 g/mol. The van der Waals surface area contributed by atoms with Crippen LogP contribution in [0.3, 0.4) is 0 Å². The number of halogens is 1. The highest BCUT2D eigenvalue weighted by molar-refractivity contribution is 6.16. The summed E-state index contributed by atoms with van der Waals surface area (Å²) in [5.41, 5.74) is 0.922. The second-order valence-corrected chi connectivity index (χ2v) is 6.69. The summed E-state index contributed by atoms with van der Waals surface area (Å²) in [5.74, 6) is -2.35. The molecule has 0 saturated heterocycles. The Hall–Kier alpha value is -3.45. The molecule has 1 atom stereocenters. The predicted octanol–water partition coefficient (Wildman–Crippen LogP) is 3.80. The quantitative estimate of drug-likeness (QED) is 0.643.